The van der Waals surface area contributed by atoms with Crippen LogP contribution in [0.15, 0.2) is 48.5 Å². The van der Waals surface area contributed by atoms with Crippen LogP contribution >= 0.6 is 23.2 Å². The van der Waals surface area contributed by atoms with Gasteiger partial charge < -0.3 is 5.32 Å². The Morgan fingerprint density at radius 2 is 1.38 bits per heavy atom. The van der Waals surface area contributed by atoms with Crippen molar-refractivity contribution in [1.82, 2.24) is 10.2 Å². The fourth-order valence-corrected chi connectivity index (χ4v) is 3.52. The Kier molecular flexibility index (Phi) is 6.56. The summed E-state index contributed by atoms with van der Waals surface area (Å²) in [6.45, 7) is 4.06. The molecule has 0 unspecified atom stereocenters. The van der Waals surface area contributed by atoms with Gasteiger partial charge in [0, 0.05) is 35.7 Å². The SMILES string of the molecule is Clc1ccc(CN(Cc2ccc(Cl)cc2)C[C@H]2CCCCN2)cc1. The quantitative estimate of drug-likeness (QED) is 0.765. The van der Waals surface area contributed by atoms with Gasteiger partial charge in [0.15, 0.2) is 0 Å². The number of nitrogens with zero attached hydrogens (tertiary/aromatic N) is 1. The molecule has 4 heteroatoms. The molecule has 1 aliphatic rings. The van der Waals surface area contributed by atoms with Gasteiger partial charge in [-0.1, -0.05) is 53.9 Å². The molecule has 1 heterocycles. The maximum absolute atomic E-state index is 6.01. The Morgan fingerprint density at radius 3 is 1.83 bits per heavy atom. The second-order valence-corrected chi connectivity index (χ2v) is 7.44. The average Bonchev–Trinajstić information content (AvgIpc) is 2.60. The minimum atomic E-state index is 0.582. The van der Waals surface area contributed by atoms with E-state index >= 15 is 0 Å². The first-order chi connectivity index (χ1) is 11.7. The predicted octanol–water partition coefficient (Wildman–Crippen LogP) is 5.14. The lowest BCUT2D eigenvalue weighted by molar-refractivity contribution is 0.209. The summed E-state index contributed by atoms with van der Waals surface area (Å²) in [5.41, 5.74) is 2.59. The van der Waals surface area contributed by atoms with Gasteiger partial charge >= 0.3 is 0 Å². The van der Waals surface area contributed by atoms with Crippen LogP contribution in [-0.4, -0.2) is 24.0 Å². The topological polar surface area (TPSA) is 15.3 Å². The van der Waals surface area contributed by atoms with Gasteiger partial charge in [-0.2, -0.15) is 0 Å². The van der Waals surface area contributed by atoms with E-state index in [1.54, 1.807) is 0 Å². The highest BCUT2D eigenvalue weighted by molar-refractivity contribution is 6.30. The Labute approximate surface area is 154 Å². The summed E-state index contributed by atoms with van der Waals surface area (Å²) in [6.07, 6.45) is 3.88. The van der Waals surface area contributed by atoms with Crippen LogP contribution in [0, 0.1) is 0 Å². The molecule has 0 spiro atoms. The van der Waals surface area contributed by atoms with Crippen molar-refractivity contribution in [2.45, 2.75) is 38.4 Å². The predicted molar refractivity (Wildman–Crippen MR) is 103 cm³/mol. The van der Waals surface area contributed by atoms with Gasteiger partial charge in [0.05, 0.1) is 0 Å². The molecular weight excluding hydrogens is 339 g/mol. The Hall–Kier alpha value is -1.06. The van der Waals surface area contributed by atoms with E-state index in [1.807, 2.05) is 24.3 Å². The summed E-state index contributed by atoms with van der Waals surface area (Å²) in [5.74, 6) is 0. The molecule has 24 heavy (non-hydrogen) atoms. The highest BCUT2D eigenvalue weighted by Gasteiger charge is 2.17. The van der Waals surface area contributed by atoms with Crippen molar-refractivity contribution in [3.8, 4) is 0 Å². The molecule has 2 nitrogen and oxygen atoms in total. The third kappa shape index (κ3) is 5.49. The van der Waals surface area contributed by atoms with Gasteiger partial charge in [0.1, 0.15) is 0 Å². The average molecular weight is 363 g/mol. The first-order valence-electron chi connectivity index (χ1n) is 8.64. The molecule has 128 valence electrons. The third-order valence-electron chi connectivity index (χ3n) is 4.53. The molecule has 2 aromatic rings. The molecule has 2 aromatic carbocycles. The van der Waals surface area contributed by atoms with Gasteiger partial charge in [-0.05, 0) is 54.8 Å². The number of nitrogens with one attached hydrogen (secondary N) is 1. The lowest BCUT2D eigenvalue weighted by atomic mass is 10.0. The van der Waals surface area contributed by atoms with Crippen molar-refractivity contribution in [2.75, 3.05) is 13.1 Å². The van der Waals surface area contributed by atoms with Crippen molar-refractivity contribution in [3.63, 3.8) is 0 Å². The minimum Gasteiger partial charge on any atom is -0.313 e. The second kappa shape index (κ2) is 8.87. The molecule has 0 aliphatic carbocycles. The van der Waals surface area contributed by atoms with E-state index in [1.165, 1.54) is 30.4 Å². The Balaban J connectivity index is 1.69. The minimum absolute atomic E-state index is 0.582. The summed E-state index contributed by atoms with van der Waals surface area (Å²) in [7, 11) is 0. The molecule has 0 amide bonds. The lowest BCUT2D eigenvalue weighted by Gasteiger charge is -2.31. The summed E-state index contributed by atoms with van der Waals surface area (Å²) in [4.78, 5) is 2.51. The molecule has 0 radical (unpaired) electrons. The molecule has 1 fully saturated rings. The monoisotopic (exact) mass is 362 g/mol. The first-order valence-corrected chi connectivity index (χ1v) is 9.39. The Bertz CT molecular complexity index is 572. The first kappa shape index (κ1) is 17.8. The fraction of sp³-hybridized carbons (Fsp3) is 0.400. The van der Waals surface area contributed by atoms with E-state index in [2.05, 4.69) is 34.5 Å². The van der Waals surface area contributed by atoms with Crippen molar-refractivity contribution < 1.29 is 0 Å². The normalized spacial score (nSPS) is 18.0. The zero-order valence-electron chi connectivity index (χ0n) is 13.8. The van der Waals surface area contributed by atoms with Crippen molar-refractivity contribution in [2.24, 2.45) is 0 Å². The maximum Gasteiger partial charge on any atom is 0.0406 e. The van der Waals surface area contributed by atoms with E-state index in [-0.39, 0.29) is 0 Å². The molecule has 0 saturated carbocycles. The highest BCUT2D eigenvalue weighted by atomic mass is 35.5. The third-order valence-corrected chi connectivity index (χ3v) is 5.03. The highest BCUT2D eigenvalue weighted by Crippen LogP contribution is 2.17. The van der Waals surface area contributed by atoms with E-state index in [0.29, 0.717) is 6.04 Å². The standard InChI is InChI=1S/C20H24Cl2N2/c21-18-8-4-16(5-9-18)13-24(15-20-3-1-2-12-23-20)14-17-6-10-19(22)11-7-17/h4-11,20,23H,1-3,12-15H2/t20-/m1/s1. The number of piperidine rings is 1. The van der Waals surface area contributed by atoms with Gasteiger partial charge in [-0.15, -0.1) is 0 Å². The van der Waals surface area contributed by atoms with Crippen LogP contribution < -0.4 is 5.32 Å². The van der Waals surface area contributed by atoms with Crippen LogP contribution in [0.1, 0.15) is 30.4 Å². The molecule has 1 saturated heterocycles. The Morgan fingerprint density at radius 1 is 0.833 bits per heavy atom. The van der Waals surface area contributed by atoms with E-state index in [9.17, 15) is 0 Å². The van der Waals surface area contributed by atoms with E-state index in [4.69, 9.17) is 23.2 Å². The van der Waals surface area contributed by atoms with Crippen LogP contribution in [0.2, 0.25) is 10.0 Å². The van der Waals surface area contributed by atoms with E-state index in [0.717, 1.165) is 36.2 Å². The lowest BCUT2D eigenvalue weighted by Crippen LogP contribution is -2.43. The molecule has 3 rings (SSSR count). The summed E-state index contributed by atoms with van der Waals surface area (Å²) in [6, 6.07) is 16.9. The maximum atomic E-state index is 6.01. The smallest absolute Gasteiger partial charge is 0.0406 e. The van der Waals surface area contributed by atoms with Crippen molar-refractivity contribution >= 4 is 23.2 Å². The van der Waals surface area contributed by atoms with Crippen LogP contribution in [-0.2, 0) is 13.1 Å². The number of halogens is 2. The molecule has 1 N–H and O–H groups in total. The number of rotatable bonds is 6. The van der Waals surface area contributed by atoms with Gasteiger partial charge in [-0.3, -0.25) is 4.90 Å². The van der Waals surface area contributed by atoms with Crippen LogP contribution in [0.4, 0.5) is 0 Å². The zero-order valence-corrected chi connectivity index (χ0v) is 15.4. The van der Waals surface area contributed by atoms with Crippen LogP contribution in [0.3, 0.4) is 0 Å². The number of hydrogen-bond donors (Lipinski definition) is 1. The molecule has 0 aromatic heterocycles. The largest absolute Gasteiger partial charge is 0.313 e. The van der Waals surface area contributed by atoms with Gasteiger partial charge in [-0.25, -0.2) is 0 Å². The second-order valence-electron chi connectivity index (χ2n) is 6.57. The zero-order chi connectivity index (χ0) is 16.8. The van der Waals surface area contributed by atoms with Crippen molar-refractivity contribution in [1.29, 1.82) is 0 Å². The molecular formula is C20H24Cl2N2. The van der Waals surface area contributed by atoms with Gasteiger partial charge in [0.25, 0.3) is 0 Å². The molecule has 1 aliphatic heterocycles. The molecule has 1 atom stereocenters. The van der Waals surface area contributed by atoms with Crippen LogP contribution in [0.5, 0.6) is 0 Å². The van der Waals surface area contributed by atoms with Crippen LogP contribution in [0.25, 0.3) is 0 Å². The molecule has 0 bridgehead atoms. The summed E-state index contributed by atoms with van der Waals surface area (Å²) < 4.78 is 0. The number of benzene rings is 2. The van der Waals surface area contributed by atoms with E-state index < -0.39 is 0 Å². The summed E-state index contributed by atoms with van der Waals surface area (Å²) >= 11 is 12.0. The number of hydrogen-bond acceptors (Lipinski definition) is 2. The summed E-state index contributed by atoms with van der Waals surface area (Å²) in [5, 5.41) is 5.23. The fourth-order valence-electron chi connectivity index (χ4n) is 3.27. The van der Waals surface area contributed by atoms with Crippen molar-refractivity contribution in [3.05, 3.63) is 69.7 Å². The van der Waals surface area contributed by atoms with Gasteiger partial charge in [0.2, 0.25) is 0 Å².